The predicted molar refractivity (Wildman–Crippen MR) is 41.8 cm³/mol. The highest BCUT2D eigenvalue weighted by Gasteiger charge is 2.19. The van der Waals surface area contributed by atoms with E-state index >= 15 is 0 Å². The lowest BCUT2D eigenvalue weighted by atomic mass is 10.2. The number of rotatable bonds is 1. The lowest BCUT2D eigenvalue weighted by Gasteiger charge is -2.23. The summed E-state index contributed by atoms with van der Waals surface area (Å²) in [6.45, 7) is 0. The summed E-state index contributed by atoms with van der Waals surface area (Å²) in [5, 5.41) is 0. The van der Waals surface area contributed by atoms with E-state index in [0.717, 1.165) is 0 Å². The van der Waals surface area contributed by atoms with Gasteiger partial charge in [-0.05, 0) is 12.3 Å². The molecular formula is C8H11NO2. The molecule has 1 rings (SSSR count). The lowest BCUT2D eigenvalue weighted by molar-refractivity contribution is -0.143. The molecule has 1 aliphatic heterocycles. The van der Waals surface area contributed by atoms with Gasteiger partial charge < -0.3 is 9.64 Å². The number of esters is 1. The van der Waals surface area contributed by atoms with Gasteiger partial charge in [0.25, 0.3) is 0 Å². The molecule has 0 aromatic heterocycles. The Bertz CT molecular complexity index is 208. The van der Waals surface area contributed by atoms with Crippen LogP contribution in [0.1, 0.15) is 0 Å². The van der Waals surface area contributed by atoms with E-state index in [1.807, 2.05) is 25.4 Å². The van der Waals surface area contributed by atoms with Gasteiger partial charge in [0.1, 0.15) is 6.04 Å². The Kier molecular flexibility index (Phi) is 2.31. The number of likely N-dealkylation sites (N-methyl/N-ethyl adjacent to an activating group) is 1. The molecule has 0 N–H and O–H groups in total. The van der Waals surface area contributed by atoms with Gasteiger partial charge in [-0.2, -0.15) is 0 Å². The Hall–Kier alpha value is -1.25. The SMILES string of the molecule is COC(=O)C1C=CC=CN1C. The Labute approximate surface area is 65.9 Å². The minimum Gasteiger partial charge on any atom is -0.467 e. The van der Waals surface area contributed by atoms with Crippen molar-refractivity contribution in [2.75, 3.05) is 14.2 Å². The molecule has 0 aromatic rings. The van der Waals surface area contributed by atoms with Crippen LogP contribution in [0.15, 0.2) is 24.4 Å². The summed E-state index contributed by atoms with van der Waals surface area (Å²) in [5.41, 5.74) is 0. The van der Waals surface area contributed by atoms with E-state index in [1.165, 1.54) is 7.11 Å². The quantitative estimate of drug-likeness (QED) is 0.515. The third kappa shape index (κ3) is 1.61. The van der Waals surface area contributed by atoms with Crippen molar-refractivity contribution in [2.24, 2.45) is 0 Å². The van der Waals surface area contributed by atoms with Crippen LogP contribution in [0.5, 0.6) is 0 Å². The first-order chi connectivity index (χ1) is 5.25. The summed E-state index contributed by atoms with van der Waals surface area (Å²) in [5.74, 6) is -0.229. The van der Waals surface area contributed by atoms with Gasteiger partial charge in [0.05, 0.1) is 7.11 Å². The number of nitrogens with zero attached hydrogens (tertiary/aromatic N) is 1. The molecule has 3 nitrogen and oxygen atoms in total. The van der Waals surface area contributed by atoms with Crippen LogP contribution < -0.4 is 0 Å². The Morgan fingerprint density at radius 2 is 2.27 bits per heavy atom. The van der Waals surface area contributed by atoms with E-state index in [0.29, 0.717) is 0 Å². The number of methoxy groups -OCH3 is 1. The molecule has 1 unspecified atom stereocenters. The first kappa shape index (κ1) is 7.85. The average Bonchev–Trinajstić information content (AvgIpc) is 2.04. The first-order valence-corrected chi connectivity index (χ1v) is 3.40. The van der Waals surface area contributed by atoms with Crippen LogP contribution in [0.4, 0.5) is 0 Å². The first-order valence-electron chi connectivity index (χ1n) is 3.40. The summed E-state index contributed by atoms with van der Waals surface area (Å²) >= 11 is 0. The summed E-state index contributed by atoms with van der Waals surface area (Å²) in [6, 6.07) is -0.259. The molecule has 1 aliphatic rings. The molecule has 0 aliphatic carbocycles. The van der Waals surface area contributed by atoms with Gasteiger partial charge in [-0.25, -0.2) is 4.79 Å². The largest absolute Gasteiger partial charge is 0.467 e. The van der Waals surface area contributed by atoms with E-state index in [1.54, 1.807) is 11.0 Å². The van der Waals surface area contributed by atoms with Crippen molar-refractivity contribution in [3.8, 4) is 0 Å². The monoisotopic (exact) mass is 153 g/mol. The number of ether oxygens (including phenoxy) is 1. The van der Waals surface area contributed by atoms with Crippen LogP contribution in [0.2, 0.25) is 0 Å². The molecule has 3 heteroatoms. The fourth-order valence-electron chi connectivity index (χ4n) is 0.949. The van der Waals surface area contributed by atoms with Crippen molar-refractivity contribution in [1.82, 2.24) is 4.90 Å². The highest BCUT2D eigenvalue weighted by Crippen LogP contribution is 2.06. The summed E-state index contributed by atoms with van der Waals surface area (Å²) in [6.07, 6.45) is 7.34. The van der Waals surface area contributed by atoms with Crippen LogP contribution in [0, 0.1) is 0 Å². The molecule has 1 heterocycles. The van der Waals surface area contributed by atoms with Crippen molar-refractivity contribution < 1.29 is 9.53 Å². The average molecular weight is 153 g/mol. The number of carbonyl (C=O) groups excluding carboxylic acids is 1. The van der Waals surface area contributed by atoms with Crippen LogP contribution in [-0.2, 0) is 9.53 Å². The van der Waals surface area contributed by atoms with Crippen LogP contribution in [0.25, 0.3) is 0 Å². The van der Waals surface area contributed by atoms with E-state index < -0.39 is 0 Å². The number of allylic oxidation sites excluding steroid dienone is 2. The highest BCUT2D eigenvalue weighted by atomic mass is 16.5. The van der Waals surface area contributed by atoms with Gasteiger partial charge in [-0.3, -0.25) is 0 Å². The summed E-state index contributed by atoms with van der Waals surface area (Å²) in [7, 11) is 3.23. The normalized spacial score (nSPS) is 22.0. The van der Waals surface area contributed by atoms with Gasteiger partial charge in [-0.1, -0.05) is 12.2 Å². The number of carbonyl (C=O) groups is 1. The van der Waals surface area contributed by atoms with Crippen molar-refractivity contribution in [1.29, 1.82) is 0 Å². The second kappa shape index (κ2) is 3.23. The van der Waals surface area contributed by atoms with Crippen LogP contribution in [-0.4, -0.2) is 31.1 Å². The number of hydrogen-bond donors (Lipinski definition) is 0. The van der Waals surface area contributed by atoms with E-state index in [-0.39, 0.29) is 12.0 Å². The van der Waals surface area contributed by atoms with Crippen molar-refractivity contribution in [3.63, 3.8) is 0 Å². The zero-order chi connectivity index (χ0) is 8.27. The second-order valence-electron chi connectivity index (χ2n) is 2.36. The van der Waals surface area contributed by atoms with Crippen LogP contribution in [0.3, 0.4) is 0 Å². The van der Waals surface area contributed by atoms with Gasteiger partial charge in [-0.15, -0.1) is 0 Å². The van der Waals surface area contributed by atoms with E-state index in [4.69, 9.17) is 0 Å². The van der Waals surface area contributed by atoms with Crippen molar-refractivity contribution in [2.45, 2.75) is 6.04 Å². The minimum absolute atomic E-state index is 0.229. The smallest absolute Gasteiger partial charge is 0.332 e. The molecule has 60 valence electrons. The fraction of sp³-hybridized carbons (Fsp3) is 0.375. The van der Waals surface area contributed by atoms with Gasteiger partial charge >= 0.3 is 5.97 Å². The maximum absolute atomic E-state index is 11.0. The molecule has 0 fully saturated rings. The predicted octanol–water partition coefficient (Wildman–Crippen LogP) is 0.543. The Balaban J connectivity index is 2.65. The lowest BCUT2D eigenvalue weighted by Crippen LogP contribution is -2.35. The second-order valence-corrected chi connectivity index (χ2v) is 2.36. The molecule has 11 heavy (non-hydrogen) atoms. The maximum atomic E-state index is 11.0. The molecule has 1 atom stereocenters. The maximum Gasteiger partial charge on any atom is 0.332 e. The van der Waals surface area contributed by atoms with Crippen LogP contribution >= 0.6 is 0 Å². The minimum atomic E-state index is -0.259. The third-order valence-electron chi connectivity index (χ3n) is 1.61. The molecule has 0 saturated carbocycles. The molecule has 0 saturated heterocycles. The topological polar surface area (TPSA) is 29.5 Å². The zero-order valence-corrected chi connectivity index (χ0v) is 6.65. The van der Waals surface area contributed by atoms with Gasteiger partial charge in [0.15, 0.2) is 0 Å². The molecular weight excluding hydrogens is 142 g/mol. The molecule has 0 bridgehead atoms. The van der Waals surface area contributed by atoms with Gasteiger partial charge in [0.2, 0.25) is 0 Å². The van der Waals surface area contributed by atoms with Crippen molar-refractivity contribution in [3.05, 3.63) is 24.4 Å². The third-order valence-corrected chi connectivity index (χ3v) is 1.61. The Morgan fingerprint density at radius 3 is 2.82 bits per heavy atom. The van der Waals surface area contributed by atoms with Gasteiger partial charge in [0, 0.05) is 7.05 Å². The van der Waals surface area contributed by atoms with E-state index in [2.05, 4.69) is 4.74 Å². The van der Waals surface area contributed by atoms with E-state index in [9.17, 15) is 4.79 Å². The standard InChI is InChI=1S/C8H11NO2/c1-9-6-4-3-5-7(9)8(10)11-2/h3-7H,1-2H3. The molecule has 0 aromatic carbocycles. The summed E-state index contributed by atoms with van der Waals surface area (Å²) < 4.78 is 4.59. The number of hydrogen-bond acceptors (Lipinski definition) is 3. The summed E-state index contributed by atoms with van der Waals surface area (Å²) in [4.78, 5) is 12.8. The Morgan fingerprint density at radius 1 is 1.55 bits per heavy atom. The fourth-order valence-corrected chi connectivity index (χ4v) is 0.949. The molecule has 0 amide bonds. The molecule has 0 spiro atoms. The zero-order valence-electron chi connectivity index (χ0n) is 6.65. The molecule has 0 radical (unpaired) electrons. The van der Waals surface area contributed by atoms with Crippen molar-refractivity contribution >= 4 is 5.97 Å². The highest BCUT2D eigenvalue weighted by molar-refractivity contribution is 5.78.